The van der Waals surface area contributed by atoms with Crippen LogP contribution >= 0.6 is 0 Å². The lowest BCUT2D eigenvalue weighted by Gasteiger charge is -2.10. The molecule has 0 radical (unpaired) electrons. The van der Waals surface area contributed by atoms with Gasteiger partial charge in [-0.25, -0.2) is 4.39 Å². The van der Waals surface area contributed by atoms with Crippen molar-refractivity contribution in [3.05, 3.63) is 29.6 Å². The molecule has 1 aromatic carbocycles. The number of halogens is 1. The standard InChI is InChI=1S/C11H13FN2O/c1-14-7-9(6-13)8-3-4-11(15-2)10(12)5-8/h3-5,9,14H,7H2,1-2H3. The number of likely N-dealkylation sites (N-methyl/N-ethyl adjacent to an activating group) is 1. The van der Waals surface area contributed by atoms with Crippen molar-refractivity contribution in [3.8, 4) is 11.8 Å². The third-order valence-corrected chi connectivity index (χ3v) is 2.14. The van der Waals surface area contributed by atoms with Gasteiger partial charge in [-0.15, -0.1) is 0 Å². The Morgan fingerprint density at radius 1 is 1.60 bits per heavy atom. The molecule has 0 saturated heterocycles. The average Bonchev–Trinajstić information content (AvgIpc) is 2.25. The lowest BCUT2D eigenvalue weighted by atomic mass is 10.0. The van der Waals surface area contributed by atoms with E-state index in [2.05, 4.69) is 11.4 Å². The molecule has 3 nitrogen and oxygen atoms in total. The fraction of sp³-hybridized carbons (Fsp3) is 0.364. The van der Waals surface area contributed by atoms with Gasteiger partial charge in [0.15, 0.2) is 11.6 Å². The van der Waals surface area contributed by atoms with Crippen molar-refractivity contribution in [2.75, 3.05) is 20.7 Å². The molecule has 0 aliphatic rings. The first-order chi connectivity index (χ1) is 7.22. The van der Waals surface area contributed by atoms with Crippen LogP contribution in [-0.2, 0) is 0 Å². The molecule has 1 aromatic rings. The number of ether oxygens (including phenoxy) is 1. The van der Waals surface area contributed by atoms with E-state index >= 15 is 0 Å². The van der Waals surface area contributed by atoms with Crippen LogP contribution < -0.4 is 10.1 Å². The van der Waals surface area contributed by atoms with E-state index < -0.39 is 5.82 Å². The number of rotatable bonds is 4. The molecule has 15 heavy (non-hydrogen) atoms. The fourth-order valence-corrected chi connectivity index (χ4v) is 1.34. The van der Waals surface area contributed by atoms with E-state index in [0.717, 1.165) is 0 Å². The number of benzene rings is 1. The quantitative estimate of drug-likeness (QED) is 0.818. The first-order valence-corrected chi connectivity index (χ1v) is 4.60. The lowest BCUT2D eigenvalue weighted by molar-refractivity contribution is 0.386. The van der Waals surface area contributed by atoms with E-state index in [1.54, 1.807) is 13.1 Å². The minimum absolute atomic E-state index is 0.194. The van der Waals surface area contributed by atoms with E-state index in [0.29, 0.717) is 12.1 Å². The zero-order valence-corrected chi connectivity index (χ0v) is 8.75. The van der Waals surface area contributed by atoms with Gasteiger partial charge in [0.2, 0.25) is 0 Å². The van der Waals surface area contributed by atoms with Crippen LogP contribution in [0.5, 0.6) is 5.75 Å². The highest BCUT2D eigenvalue weighted by molar-refractivity contribution is 5.33. The largest absolute Gasteiger partial charge is 0.494 e. The van der Waals surface area contributed by atoms with Crippen LogP contribution in [0.4, 0.5) is 4.39 Å². The van der Waals surface area contributed by atoms with E-state index in [9.17, 15) is 4.39 Å². The SMILES string of the molecule is CNCC(C#N)c1ccc(OC)c(F)c1. The van der Waals surface area contributed by atoms with Gasteiger partial charge in [0.05, 0.1) is 19.1 Å². The molecule has 0 aromatic heterocycles. The maximum absolute atomic E-state index is 13.3. The van der Waals surface area contributed by atoms with Gasteiger partial charge < -0.3 is 10.1 Å². The second-order valence-electron chi connectivity index (χ2n) is 3.13. The van der Waals surface area contributed by atoms with Crippen LogP contribution in [0, 0.1) is 17.1 Å². The number of nitrogens with one attached hydrogen (secondary N) is 1. The van der Waals surface area contributed by atoms with Gasteiger partial charge in [-0.1, -0.05) is 6.07 Å². The molecule has 0 fully saturated rings. The first kappa shape index (κ1) is 11.5. The van der Waals surface area contributed by atoms with Gasteiger partial charge in [0.1, 0.15) is 0 Å². The third kappa shape index (κ3) is 2.67. The summed E-state index contributed by atoms with van der Waals surface area (Å²) >= 11 is 0. The van der Waals surface area contributed by atoms with E-state index in [-0.39, 0.29) is 11.7 Å². The number of nitriles is 1. The second kappa shape index (κ2) is 5.32. The Morgan fingerprint density at radius 3 is 2.80 bits per heavy atom. The number of hydrogen-bond donors (Lipinski definition) is 1. The third-order valence-electron chi connectivity index (χ3n) is 2.14. The van der Waals surface area contributed by atoms with E-state index in [4.69, 9.17) is 10.00 Å². The normalized spacial score (nSPS) is 11.9. The number of hydrogen-bond acceptors (Lipinski definition) is 3. The van der Waals surface area contributed by atoms with Gasteiger partial charge in [-0.3, -0.25) is 0 Å². The highest BCUT2D eigenvalue weighted by atomic mass is 19.1. The van der Waals surface area contributed by atoms with Crippen LogP contribution in [0.15, 0.2) is 18.2 Å². The molecule has 1 unspecified atom stereocenters. The first-order valence-electron chi connectivity index (χ1n) is 4.60. The van der Waals surface area contributed by atoms with Crippen LogP contribution in [0.1, 0.15) is 11.5 Å². The highest BCUT2D eigenvalue weighted by Crippen LogP contribution is 2.22. The average molecular weight is 208 g/mol. The molecule has 1 atom stereocenters. The summed E-state index contributed by atoms with van der Waals surface area (Å²) in [5, 5.41) is 11.8. The molecule has 80 valence electrons. The minimum Gasteiger partial charge on any atom is -0.494 e. The maximum atomic E-state index is 13.3. The molecule has 0 spiro atoms. The van der Waals surface area contributed by atoms with Crippen LogP contribution in [0.2, 0.25) is 0 Å². The molecule has 1 N–H and O–H groups in total. The molecule has 0 aliphatic carbocycles. The summed E-state index contributed by atoms with van der Waals surface area (Å²) < 4.78 is 18.1. The molecule has 0 saturated carbocycles. The summed E-state index contributed by atoms with van der Waals surface area (Å²) in [5.74, 6) is -0.582. The van der Waals surface area contributed by atoms with Gasteiger partial charge >= 0.3 is 0 Å². The second-order valence-corrected chi connectivity index (χ2v) is 3.13. The number of methoxy groups -OCH3 is 1. The monoisotopic (exact) mass is 208 g/mol. The van der Waals surface area contributed by atoms with Gasteiger partial charge in [0.25, 0.3) is 0 Å². The smallest absolute Gasteiger partial charge is 0.165 e. The molecule has 0 bridgehead atoms. The minimum atomic E-state index is -0.439. The molecule has 1 rings (SSSR count). The zero-order valence-electron chi connectivity index (χ0n) is 8.75. The Hall–Kier alpha value is -1.60. The van der Waals surface area contributed by atoms with Crippen molar-refractivity contribution >= 4 is 0 Å². The molecular formula is C11H13FN2O. The Bertz CT molecular complexity index is 373. The molecule has 0 heterocycles. The predicted molar refractivity (Wildman–Crippen MR) is 55.2 cm³/mol. The van der Waals surface area contributed by atoms with Crippen molar-refractivity contribution in [1.29, 1.82) is 5.26 Å². The zero-order chi connectivity index (χ0) is 11.3. The van der Waals surface area contributed by atoms with Gasteiger partial charge in [-0.2, -0.15) is 5.26 Å². The van der Waals surface area contributed by atoms with Gasteiger partial charge in [-0.05, 0) is 24.7 Å². The van der Waals surface area contributed by atoms with Gasteiger partial charge in [0, 0.05) is 6.54 Å². The van der Waals surface area contributed by atoms with Crippen molar-refractivity contribution in [2.24, 2.45) is 0 Å². The highest BCUT2D eigenvalue weighted by Gasteiger charge is 2.12. The van der Waals surface area contributed by atoms with E-state index in [1.807, 2.05) is 0 Å². The van der Waals surface area contributed by atoms with Crippen molar-refractivity contribution in [2.45, 2.75) is 5.92 Å². The fourth-order valence-electron chi connectivity index (χ4n) is 1.34. The van der Waals surface area contributed by atoms with Crippen LogP contribution in [0.3, 0.4) is 0 Å². The lowest BCUT2D eigenvalue weighted by Crippen LogP contribution is -2.16. The number of nitrogens with zero attached hydrogens (tertiary/aromatic N) is 1. The predicted octanol–water partition coefficient (Wildman–Crippen LogP) is 1.66. The topological polar surface area (TPSA) is 45.0 Å². The molecule has 4 heteroatoms. The van der Waals surface area contributed by atoms with E-state index in [1.165, 1.54) is 19.2 Å². The summed E-state index contributed by atoms with van der Waals surface area (Å²) in [6, 6.07) is 6.69. The van der Waals surface area contributed by atoms with Crippen molar-refractivity contribution < 1.29 is 9.13 Å². The molecule has 0 amide bonds. The summed E-state index contributed by atoms with van der Waals surface area (Å²) in [6.45, 7) is 0.502. The van der Waals surface area contributed by atoms with Crippen molar-refractivity contribution in [1.82, 2.24) is 5.32 Å². The summed E-state index contributed by atoms with van der Waals surface area (Å²) in [6.07, 6.45) is 0. The summed E-state index contributed by atoms with van der Waals surface area (Å²) in [7, 11) is 3.16. The van der Waals surface area contributed by atoms with Crippen LogP contribution in [-0.4, -0.2) is 20.7 Å². The van der Waals surface area contributed by atoms with Crippen molar-refractivity contribution in [3.63, 3.8) is 0 Å². The summed E-state index contributed by atoms with van der Waals surface area (Å²) in [5.41, 5.74) is 0.658. The Morgan fingerprint density at radius 2 is 2.33 bits per heavy atom. The molecular weight excluding hydrogens is 195 g/mol. The Labute approximate surface area is 88.5 Å². The maximum Gasteiger partial charge on any atom is 0.165 e. The summed E-state index contributed by atoms with van der Waals surface area (Å²) in [4.78, 5) is 0. The molecule has 0 aliphatic heterocycles. The Balaban J connectivity index is 2.96. The van der Waals surface area contributed by atoms with Crippen LogP contribution in [0.25, 0.3) is 0 Å². The Kier molecular flexibility index (Phi) is 4.07.